The molecule has 1 aromatic carbocycles. The van der Waals surface area contributed by atoms with Gasteiger partial charge in [-0.05, 0) is 40.4 Å². The molecule has 13 heavy (non-hydrogen) atoms. The summed E-state index contributed by atoms with van der Waals surface area (Å²) in [5.74, 6) is 1.61. The van der Waals surface area contributed by atoms with Crippen molar-refractivity contribution in [3.05, 3.63) is 28.2 Å². The maximum Gasteiger partial charge on any atom is 0.136 e. The van der Waals surface area contributed by atoms with Crippen LogP contribution in [0.15, 0.2) is 22.7 Å². The third kappa shape index (κ3) is 2.89. The number of alkyl halides is 1. The highest BCUT2D eigenvalue weighted by Gasteiger charge is 2.05. The van der Waals surface area contributed by atoms with Crippen molar-refractivity contribution in [3.63, 3.8) is 0 Å². The van der Waals surface area contributed by atoms with Crippen LogP contribution in [0.3, 0.4) is 0 Å². The van der Waals surface area contributed by atoms with E-state index in [0.717, 1.165) is 23.1 Å². The molecular weight excluding hydrogens is 251 g/mol. The van der Waals surface area contributed by atoms with Crippen molar-refractivity contribution in [2.45, 2.75) is 12.8 Å². The van der Waals surface area contributed by atoms with Crippen molar-refractivity contribution < 1.29 is 4.74 Å². The first kappa shape index (κ1) is 10.9. The smallest absolute Gasteiger partial charge is 0.136 e. The molecule has 0 fully saturated rings. The first-order valence-electron chi connectivity index (χ1n) is 4.17. The van der Waals surface area contributed by atoms with Gasteiger partial charge in [0.25, 0.3) is 0 Å². The van der Waals surface area contributed by atoms with Gasteiger partial charge in [0, 0.05) is 5.88 Å². The highest BCUT2D eigenvalue weighted by molar-refractivity contribution is 9.10. The molecule has 0 aromatic heterocycles. The summed E-state index contributed by atoms with van der Waals surface area (Å²) < 4.78 is 6.29. The highest BCUT2D eigenvalue weighted by atomic mass is 79.9. The Hall–Kier alpha value is -0.210. The molecule has 1 aromatic rings. The van der Waals surface area contributed by atoms with Crippen molar-refractivity contribution in [3.8, 4) is 5.75 Å². The molecule has 0 radical (unpaired) electrons. The van der Waals surface area contributed by atoms with Crippen LogP contribution in [0, 0.1) is 0 Å². The maximum atomic E-state index is 5.63. The fourth-order valence-corrected chi connectivity index (χ4v) is 1.94. The van der Waals surface area contributed by atoms with E-state index in [0.29, 0.717) is 5.88 Å². The predicted molar refractivity (Wildman–Crippen MR) is 59.7 cm³/mol. The molecule has 1 rings (SSSR count). The van der Waals surface area contributed by atoms with Crippen LogP contribution in [0.1, 0.15) is 12.0 Å². The highest BCUT2D eigenvalue weighted by Crippen LogP contribution is 2.29. The van der Waals surface area contributed by atoms with Gasteiger partial charge >= 0.3 is 0 Å². The Labute approximate surface area is 92.2 Å². The van der Waals surface area contributed by atoms with Gasteiger partial charge in [0.15, 0.2) is 0 Å². The minimum Gasteiger partial charge on any atom is -0.495 e. The zero-order valence-corrected chi connectivity index (χ0v) is 9.86. The molecule has 72 valence electrons. The van der Waals surface area contributed by atoms with E-state index in [1.54, 1.807) is 7.11 Å². The number of aryl methyl sites for hydroxylation is 1. The van der Waals surface area contributed by atoms with Gasteiger partial charge in [-0.1, -0.05) is 12.1 Å². The van der Waals surface area contributed by atoms with Gasteiger partial charge in [0.2, 0.25) is 0 Å². The minimum atomic E-state index is 0.690. The lowest BCUT2D eigenvalue weighted by molar-refractivity contribution is 0.406. The Morgan fingerprint density at radius 1 is 1.46 bits per heavy atom. The molecule has 1 nitrogen and oxygen atoms in total. The van der Waals surface area contributed by atoms with Crippen LogP contribution in [0.2, 0.25) is 0 Å². The lowest BCUT2D eigenvalue weighted by Crippen LogP contribution is -1.93. The summed E-state index contributed by atoms with van der Waals surface area (Å²) in [6.07, 6.45) is 1.94. The second kappa shape index (κ2) is 5.51. The molecule has 0 aliphatic carbocycles. The lowest BCUT2D eigenvalue weighted by Gasteiger charge is -2.09. The molecule has 0 atom stereocenters. The van der Waals surface area contributed by atoms with Crippen LogP contribution in [0.5, 0.6) is 5.75 Å². The quantitative estimate of drug-likeness (QED) is 0.754. The van der Waals surface area contributed by atoms with Crippen LogP contribution in [0.4, 0.5) is 0 Å². The van der Waals surface area contributed by atoms with E-state index in [4.69, 9.17) is 16.3 Å². The first-order chi connectivity index (χ1) is 6.29. The topological polar surface area (TPSA) is 9.23 Å². The Morgan fingerprint density at radius 3 is 2.85 bits per heavy atom. The molecule has 0 unspecified atom stereocenters. The van der Waals surface area contributed by atoms with Gasteiger partial charge in [-0.2, -0.15) is 0 Å². The molecule has 0 bridgehead atoms. The minimum absolute atomic E-state index is 0.690. The monoisotopic (exact) mass is 262 g/mol. The molecule has 0 spiro atoms. The van der Waals surface area contributed by atoms with E-state index in [1.807, 2.05) is 12.1 Å². The number of para-hydroxylation sites is 1. The van der Waals surface area contributed by atoms with Crippen LogP contribution in [0.25, 0.3) is 0 Å². The van der Waals surface area contributed by atoms with Gasteiger partial charge in [-0.15, -0.1) is 11.6 Å². The Morgan fingerprint density at radius 2 is 2.23 bits per heavy atom. The average Bonchev–Trinajstić information content (AvgIpc) is 2.15. The molecule has 0 saturated carbocycles. The van der Waals surface area contributed by atoms with E-state index < -0.39 is 0 Å². The molecule has 0 aliphatic rings. The second-order valence-corrected chi connectivity index (χ2v) is 3.96. The Bertz CT molecular complexity index is 276. The average molecular weight is 264 g/mol. The summed E-state index contributed by atoms with van der Waals surface area (Å²) in [5, 5.41) is 0. The third-order valence-corrected chi connectivity index (χ3v) is 2.72. The summed E-state index contributed by atoms with van der Waals surface area (Å²) in [4.78, 5) is 0. The number of halogens is 2. The van der Waals surface area contributed by atoms with E-state index in [9.17, 15) is 0 Å². The standard InChI is InChI=1S/C10H12BrClO/c1-13-10-8(5-3-7-12)4-2-6-9(10)11/h2,4,6H,3,5,7H2,1H3. The summed E-state index contributed by atoms with van der Waals surface area (Å²) in [6, 6.07) is 6.05. The van der Waals surface area contributed by atoms with Crippen molar-refractivity contribution in [1.29, 1.82) is 0 Å². The third-order valence-electron chi connectivity index (χ3n) is 1.83. The van der Waals surface area contributed by atoms with Crippen molar-refractivity contribution >= 4 is 27.5 Å². The molecule has 0 N–H and O–H groups in total. The first-order valence-corrected chi connectivity index (χ1v) is 5.49. The van der Waals surface area contributed by atoms with Gasteiger partial charge in [-0.25, -0.2) is 0 Å². The number of hydrogen-bond donors (Lipinski definition) is 0. The zero-order valence-electron chi connectivity index (χ0n) is 7.52. The fourth-order valence-electron chi connectivity index (χ4n) is 1.24. The summed E-state index contributed by atoms with van der Waals surface area (Å²) in [6.45, 7) is 0. The summed E-state index contributed by atoms with van der Waals surface area (Å²) in [7, 11) is 1.68. The Balaban J connectivity index is 2.85. The SMILES string of the molecule is COc1c(Br)cccc1CCCCl. The number of methoxy groups -OCH3 is 1. The number of benzene rings is 1. The van der Waals surface area contributed by atoms with E-state index in [1.165, 1.54) is 5.56 Å². The van der Waals surface area contributed by atoms with Gasteiger partial charge in [0.05, 0.1) is 11.6 Å². The van der Waals surface area contributed by atoms with Crippen LogP contribution >= 0.6 is 27.5 Å². The van der Waals surface area contributed by atoms with Crippen LogP contribution in [-0.2, 0) is 6.42 Å². The van der Waals surface area contributed by atoms with Gasteiger partial charge < -0.3 is 4.74 Å². The van der Waals surface area contributed by atoms with E-state index >= 15 is 0 Å². The molecule has 0 heterocycles. The second-order valence-electron chi connectivity index (χ2n) is 2.72. The van der Waals surface area contributed by atoms with Crippen LogP contribution < -0.4 is 4.74 Å². The number of ether oxygens (including phenoxy) is 1. The molecule has 0 saturated heterocycles. The van der Waals surface area contributed by atoms with Gasteiger partial charge in [-0.3, -0.25) is 0 Å². The lowest BCUT2D eigenvalue weighted by atomic mass is 10.1. The zero-order chi connectivity index (χ0) is 9.68. The molecule has 0 amide bonds. The van der Waals surface area contributed by atoms with Gasteiger partial charge in [0.1, 0.15) is 5.75 Å². The number of hydrogen-bond acceptors (Lipinski definition) is 1. The molecular formula is C10H12BrClO. The molecule has 0 aliphatic heterocycles. The number of rotatable bonds is 4. The largest absolute Gasteiger partial charge is 0.495 e. The van der Waals surface area contributed by atoms with Crippen molar-refractivity contribution in [2.24, 2.45) is 0 Å². The fraction of sp³-hybridized carbons (Fsp3) is 0.400. The van der Waals surface area contributed by atoms with Crippen LogP contribution in [-0.4, -0.2) is 13.0 Å². The summed E-state index contributed by atoms with van der Waals surface area (Å²) in [5.41, 5.74) is 1.21. The van der Waals surface area contributed by atoms with Crippen molar-refractivity contribution in [1.82, 2.24) is 0 Å². The van der Waals surface area contributed by atoms with Crippen molar-refractivity contribution in [2.75, 3.05) is 13.0 Å². The van der Waals surface area contributed by atoms with E-state index in [2.05, 4.69) is 22.0 Å². The molecule has 3 heteroatoms. The van der Waals surface area contributed by atoms with E-state index in [-0.39, 0.29) is 0 Å². The predicted octanol–water partition coefficient (Wildman–Crippen LogP) is 3.63. The maximum absolute atomic E-state index is 5.63. The summed E-state index contributed by atoms with van der Waals surface area (Å²) >= 11 is 9.08. The normalized spacial score (nSPS) is 10.1. The Kier molecular flexibility index (Phi) is 4.60.